The van der Waals surface area contributed by atoms with Crippen molar-refractivity contribution in [2.24, 2.45) is 5.92 Å². The van der Waals surface area contributed by atoms with E-state index < -0.39 is 11.6 Å². The molecule has 1 rings (SSSR count). The first kappa shape index (κ1) is 15.1. The Balaban J connectivity index is 2.88. The van der Waals surface area contributed by atoms with Gasteiger partial charge in [0.25, 0.3) is 0 Å². The first-order chi connectivity index (χ1) is 8.51. The van der Waals surface area contributed by atoms with Gasteiger partial charge in [-0.25, -0.2) is 8.78 Å². The Labute approximate surface area is 107 Å². The topological polar surface area (TPSA) is 21.3 Å². The third-order valence-electron chi connectivity index (χ3n) is 3.17. The molecular weight excluding hydrogens is 236 g/mol. The number of likely N-dealkylation sites (N-methyl/N-ethyl adjacent to an activating group) is 1. The maximum absolute atomic E-state index is 13.6. The minimum atomic E-state index is -0.805. The average Bonchev–Trinajstić information content (AvgIpc) is 2.33. The van der Waals surface area contributed by atoms with Crippen molar-refractivity contribution in [3.8, 4) is 0 Å². The fourth-order valence-electron chi connectivity index (χ4n) is 2.23. The van der Waals surface area contributed by atoms with Crippen LogP contribution in [0.4, 0.5) is 8.78 Å². The summed E-state index contributed by atoms with van der Waals surface area (Å²) in [6.07, 6.45) is 0.356. The third-order valence-corrected chi connectivity index (χ3v) is 3.17. The molecule has 0 amide bonds. The number of methoxy groups -OCH3 is 1. The van der Waals surface area contributed by atoms with Crippen LogP contribution in [0.3, 0.4) is 0 Å². The lowest BCUT2D eigenvalue weighted by Crippen LogP contribution is -2.43. The van der Waals surface area contributed by atoms with Crippen molar-refractivity contribution >= 4 is 0 Å². The van der Waals surface area contributed by atoms with E-state index in [4.69, 9.17) is 4.74 Å². The highest BCUT2D eigenvalue weighted by atomic mass is 19.2. The predicted octanol–water partition coefficient (Wildman–Crippen LogP) is 2.77. The number of ether oxygens (including phenoxy) is 1. The Morgan fingerprint density at radius 1 is 1.28 bits per heavy atom. The SMILES string of the molecule is CNC(Cc1cccc(F)c1F)C(OC)C(C)C. The first-order valence-electron chi connectivity index (χ1n) is 6.14. The maximum Gasteiger partial charge on any atom is 0.162 e. The Hall–Kier alpha value is -1.00. The lowest BCUT2D eigenvalue weighted by molar-refractivity contribution is 0.0351. The van der Waals surface area contributed by atoms with Gasteiger partial charge >= 0.3 is 0 Å². The fourth-order valence-corrected chi connectivity index (χ4v) is 2.23. The van der Waals surface area contributed by atoms with Gasteiger partial charge in [0.15, 0.2) is 11.6 Å². The number of rotatable bonds is 6. The van der Waals surface area contributed by atoms with Crippen LogP contribution in [-0.2, 0) is 11.2 Å². The van der Waals surface area contributed by atoms with E-state index in [1.165, 1.54) is 6.07 Å². The zero-order chi connectivity index (χ0) is 13.7. The molecule has 0 aliphatic heterocycles. The number of halogens is 2. The van der Waals surface area contributed by atoms with Crippen molar-refractivity contribution in [1.29, 1.82) is 0 Å². The van der Waals surface area contributed by atoms with E-state index >= 15 is 0 Å². The van der Waals surface area contributed by atoms with Crippen LogP contribution in [-0.4, -0.2) is 26.3 Å². The van der Waals surface area contributed by atoms with E-state index in [1.807, 2.05) is 13.8 Å². The quantitative estimate of drug-likeness (QED) is 0.846. The van der Waals surface area contributed by atoms with E-state index in [9.17, 15) is 8.78 Å². The minimum Gasteiger partial charge on any atom is -0.380 e. The van der Waals surface area contributed by atoms with Gasteiger partial charge < -0.3 is 10.1 Å². The minimum absolute atomic E-state index is 0.0438. The monoisotopic (exact) mass is 257 g/mol. The van der Waals surface area contributed by atoms with Crippen LogP contribution in [0.15, 0.2) is 18.2 Å². The van der Waals surface area contributed by atoms with Crippen molar-refractivity contribution in [2.45, 2.75) is 32.4 Å². The van der Waals surface area contributed by atoms with Crippen molar-refractivity contribution in [2.75, 3.05) is 14.2 Å². The standard InChI is InChI=1S/C14H21F2NO/c1-9(2)14(18-4)12(17-3)8-10-6-5-7-11(15)13(10)16/h5-7,9,12,14,17H,8H2,1-4H3. The summed E-state index contributed by atoms with van der Waals surface area (Å²) in [5, 5.41) is 3.12. The second-order valence-corrected chi connectivity index (χ2v) is 4.76. The van der Waals surface area contributed by atoms with Crippen LogP contribution in [0.25, 0.3) is 0 Å². The van der Waals surface area contributed by atoms with E-state index in [0.717, 1.165) is 6.07 Å². The molecule has 1 aromatic rings. The number of nitrogens with one attached hydrogen (secondary N) is 1. The summed E-state index contributed by atoms with van der Waals surface area (Å²) in [6.45, 7) is 4.08. The number of hydrogen-bond acceptors (Lipinski definition) is 2. The molecule has 0 heterocycles. The van der Waals surface area contributed by atoms with Crippen LogP contribution in [0, 0.1) is 17.6 Å². The van der Waals surface area contributed by atoms with Gasteiger partial charge in [0.1, 0.15) is 0 Å². The molecule has 0 spiro atoms. The highest BCUT2D eigenvalue weighted by Crippen LogP contribution is 2.18. The van der Waals surface area contributed by atoms with Gasteiger partial charge in [-0.05, 0) is 31.0 Å². The Bertz CT molecular complexity index is 382. The molecule has 0 aliphatic carbocycles. The summed E-state index contributed by atoms with van der Waals surface area (Å²) >= 11 is 0. The molecule has 0 saturated heterocycles. The molecular formula is C14H21F2NO. The smallest absolute Gasteiger partial charge is 0.162 e. The van der Waals surface area contributed by atoms with Gasteiger partial charge in [0, 0.05) is 13.2 Å². The molecule has 4 heteroatoms. The van der Waals surface area contributed by atoms with Crippen LogP contribution < -0.4 is 5.32 Å². The predicted molar refractivity (Wildman–Crippen MR) is 68.5 cm³/mol. The molecule has 0 fully saturated rings. The number of benzene rings is 1. The molecule has 18 heavy (non-hydrogen) atoms. The van der Waals surface area contributed by atoms with Crippen LogP contribution in [0.5, 0.6) is 0 Å². The summed E-state index contributed by atoms with van der Waals surface area (Å²) in [6, 6.07) is 4.21. The first-order valence-corrected chi connectivity index (χ1v) is 6.14. The molecule has 102 valence electrons. The summed E-state index contributed by atoms with van der Waals surface area (Å²) in [5.74, 6) is -1.28. The van der Waals surface area contributed by atoms with Gasteiger partial charge in [-0.1, -0.05) is 26.0 Å². The normalized spacial score (nSPS) is 14.8. The van der Waals surface area contributed by atoms with E-state index in [1.54, 1.807) is 20.2 Å². The van der Waals surface area contributed by atoms with Crippen molar-refractivity contribution in [1.82, 2.24) is 5.32 Å². The Kier molecular flexibility index (Phi) is 5.69. The van der Waals surface area contributed by atoms with Gasteiger partial charge in [-0.15, -0.1) is 0 Å². The van der Waals surface area contributed by atoms with E-state index in [2.05, 4.69) is 5.32 Å². The Morgan fingerprint density at radius 2 is 1.94 bits per heavy atom. The molecule has 0 radical (unpaired) electrons. The second-order valence-electron chi connectivity index (χ2n) is 4.76. The zero-order valence-corrected chi connectivity index (χ0v) is 11.3. The van der Waals surface area contributed by atoms with Crippen LogP contribution in [0.1, 0.15) is 19.4 Å². The molecule has 0 saturated carbocycles. The highest BCUT2D eigenvalue weighted by Gasteiger charge is 2.24. The summed E-state index contributed by atoms with van der Waals surface area (Å²) in [5.41, 5.74) is 0.372. The van der Waals surface area contributed by atoms with Crippen LogP contribution >= 0.6 is 0 Å². The molecule has 2 unspecified atom stereocenters. The number of hydrogen-bond donors (Lipinski definition) is 1. The van der Waals surface area contributed by atoms with Crippen molar-refractivity contribution < 1.29 is 13.5 Å². The molecule has 0 bridgehead atoms. The molecule has 1 aromatic carbocycles. The lowest BCUT2D eigenvalue weighted by Gasteiger charge is -2.29. The molecule has 0 aliphatic rings. The fraction of sp³-hybridized carbons (Fsp3) is 0.571. The van der Waals surface area contributed by atoms with E-state index in [0.29, 0.717) is 17.9 Å². The summed E-state index contributed by atoms with van der Waals surface area (Å²) in [7, 11) is 3.44. The lowest BCUT2D eigenvalue weighted by atomic mass is 9.93. The largest absolute Gasteiger partial charge is 0.380 e. The van der Waals surface area contributed by atoms with Gasteiger partial charge in [0.05, 0.1) is 6.10 Å². The second kappa shape index (κ2) is 6.81. The van der Waals surface area contributed by atoms with Crippen molar-refractivity contribution in [3.63, 3.8) is 0 Å². The molecule has 1 N–H and O–H groups in total. The zero-order valence-electron chi connectivity index (χ0n) is 11.3. The van der Waals surface area contributed by atoms with Crippen LogP contribution in [0.2, 0.25) is 0 Å². The summed E-state index contributed by atoms with van der Waals surface area (Å²) < 4.78 is 32.2. The molecule has 0 aromatic heterocycles. The molecule has 2 nitrogen and oxygen atoms in total. The van der Waals surface area contributed by atoms with Gasteiger partial charge in [-0.2, -0.15) is 0 Å². The van der Waals surface area contributed by atoms with E-state index in [-0.39, 0.29) is 12.1 Å². The van der Waals surface area contributed by atoms with Gasteiger partial charge in [0.2, 0.25) is 0 Å². The summed E-state index contributed by atoms with van der Waals surface area (Å²) in [4.78, 5) is 0. The van der Waals surface area contributed by atoms with Crippen molar-refractivity contribution in [3.05, 3.63) is 35.4 Å². The third kappa shape index (κ3) is 3.50. The highest BCUT2D eigenvalue weighted by molar-refractivity contribution is 5.20. The van der Waals surface area contributed by atoms with Gasteiger partial charge in [-0.3, -0.25) is 0 Å². The maximum atomic E-state index is 13.6. The average molecular weight is 257 g/mol. The Morgan fingerprint density at radius 3 is 2.44 bits per heavy atom. The molecule has 2 atom stereocenters.